The molecule has 1 aromatic heterocycles. The summed E-state index contributed by atoms with van der Waals surface area (Å²) in [6.07, 6.45) is 0.963. The third-order valence-corrected chi connectivity index (χ3v) is 1.27. The van der Waals surface area contributed by atoms with Gasteiger partial charge in [0.15, 0.2) is 0 Å². The molecule has 1 aromatic rings. The highest BCUT2D eigenvalue weighted by Crippen LogP contribution is 2.04. The predicted molar refractivity (Wildman–Crippen MR) is 38.7 cm³/mol. The molecular weight excluding hydrogens is 172 g/mol. The van der Waals surface area contributed by atoms with Crippen LogP contribution >= 0.6 is 11.6 Å². The molecule has 0 aliphatic heterocycles. The van der Waals surface area contributed by atoms with Gasteiger partial charge in [-0.1, -0.05) is 11.6 Å². The first-order chi connectivity index (χ1) is 5.11. The Labute approximate surface area is 65.8 Å². The van der Waals surface area contributed by atoms with Crippen molar-refractivity contribution < 1.29 is 4.92 Å². The molecular formula is C5H3ClN2O3. The summed E-state index contributed by atoms with van der Waals surface area (Å²) in [5, 5.41) is 10.2. The van der Waals surface area contributed by atoms with Crippen LogP contribution in [0.3, 0.4) is 0 Å². The van der Waals surface area contributed by atoms with E-state index in [9.17, 15) is 14.9 Å². The van der Waals surface area contributed by atoms with Gasteiger partial charge in [-0.25, -0.2) is 0 Å². The van der Waals surface area contributed by atoms with Crippen molar-refractivity contribution in [1.82, 2.24) is 4.98 Å². The van der Waals surface area contributed by atoms with Gasteiger partial charge in [-0.15, -0.1) is 0 Å². The van der Waals surface area contributed by atoms with E-state index in [1.54, 1.807) is 0 Å². The van der Waals surface area contributed by atoms with E-state index in [0.29, 0.717) is 0 Å². The van der Waals surface area contributed by atoms with Gasteiger partial charge in [0.2, 0.25) is 0 Å². The number of pyridine rings is 1. The molecule has 0 bridgehead atoms. The molecule has 0 atom stereocenters. The lowest BCUT2D eigenvalue weighted by Crippen LogP contribution is -2.06. The summed E-state index contributed by atoms with van der Waals surface area (Å²) in [6.45, 7) is 0. The molecule has 0 spiro atoms. The number of nitro groups is 1. The van der Waals surface area contributed by atoms with Crippen LogP contribution in [0.5, 0.6) is 0 Å². The largest absolute Gasteiger partial charge is 0.346 e. The number of nitrogens with one attached hydrogen (secondary N) is 1. The van der Waals surface area contributed by atoms with Gasteiger partial charge < -0.3 is 4.98 Å². The molecule has 0 radical (unpaired) electrons. The Morgan fingerprint density at radius 3 is 2.73 bits per heavy atom. The number of H-pyrrole nitrogens is 1. The fourth-order valence-corrected chi connectivity index (χ4v) is 0.735. The minimum Gasteiger partial charge on any atom is -0.346 e. The van der Waals surface area contributed by atoms with Gasteiger partial charge in [0.05, 0.1) is 11.1 Å². The number of hydrogen-bond acceptors (Lipinski definition) is 3. The summed E-state index contributed by atoms with van der Waals surface area (Å²) < 4.78 is 0. The van der Waals surface area contributed by atoms with E-state index in [0.717, 1.165) is 12.3 Å². The van der Waals surface area contributed by atoms with Crippen LogP contribution in [0.15, 0.2) is 17.1 Å². The van der Waals surface area contributed by atoms with Crippen molar-refractivity contribution in [2.75, 3.05) is 0 Å². The van der Waals surface area contributed by atoms with Crippen molar-refractivity contribution in [1.29, 1.82) is 0 Å². The minimum atomic E-state index is -0.769. The summed E-state index contributed by atoms with van der Waals surface area (Å²) in [4.78, 5) is 22.4. The topological polar surface area (TPSA) is 76.0 Å². The Morgan fingerprint density at radius 2 is 2.27 bits per heavy atom. The second-order valence-electron chi connectivity index (χ2n) is 1.79. The Morgan fingerprint density at radius 1 is 1.64 bits per heavy atom. The van der Waals surface area contributed by atoms with Crippen LogP contribution in [0, 0.1) is 10.1 Å². The highest BCUT2D eigenvalue weighted by atomic mass is 35.5. The van der Waals surface area contributed by atoms with Gasteiger partial charge in [0, 0.05) is 6.07 Å². The molecule has 58 valence electrons. The molecule has 0 saturated carbocycles. The van der Waals surface area contributed by atoms with Gasteiger partial charge in [-0.05, 0) is 0 Å². The molecule has 0 aliphatic carbocycles. The second kappa shape index (κ2) is 2.71. The molecule has 6 heteroatoms. The van der Waals surface area contributed by atoms with Crippen molar-refractivity contribution in [2.24, 2.45) is 0 Å². The van der Waals surface area contributed by atoms with Crippen molar-refractivity contribution in [3.05, 3.63) is 37.8 Å². The van der Waals surface area contributed by atoms with Crippen LogP contribution in [-0.4, -0.2) is 9.91 Å². The number of aromatic amines is 1. The third kappa shape index (κ3) is 1.56. The molecule has 0 amide bonds. The van der Waals surface area contributed by atoms with Gasteiger partial charge >= 0.3 is 5.69 Å². The summed E-state index contributed by atoms with van der Waals surface area (Å²) in [7, 11) is 0. The molecule has 5 nitrogen and oxygen atoms in total. The lowest BCUT2D eigenvalue weighted by Gasteiger charge is -1.89. The molecule has 0 aromatic carbocycles. The summed E-state index contributed by atoms with van der Waals surface area (Å²) in [5.74, 6) is 0. The summed E-state index contributed by atoms with van der Waals surface area (Å²) >= 11 is 5.34. The maximum absolute atomic E-state index is 10.7. The zero-order chi connectivity index (χ0) is 8.43. The van der Waals surface area contributed by atoms with Crippen LogP contribution in [0.1, 0.15) is 0 Å². The SMILES string of the molecule is O=c1cc(Cl)[nH]cc1[N+](=O)[O-]. The maximum atomic E-state index is 10.7. The van der Waals surface area contributed by atoms with Crippen LogP contribution in [0.2, 0.25) is 5.15 Å². The van der Waals surface area contributed by atoms with Crippen LogP contribution < -0.4 is 5.43 Å². The van der Waals surface area contributed by atoms with E-state index in [1.165, 1.54) is 0 Å². The molecule has 1 N–H and O–H groups in total. The number of halogens is 1. The zero-order valence-corrected chi connectivity index (χ0v) is 5.96. The number of nitrogens with zero attached hydrogens (tertiary/aromatic N) is 1. The van der Waals surface area contributed by atoms with Crippen LogP contribution in [-0.2, 0) is 0 Å². The van der Waals surface area contributed by atoms with Crippen molar-refractivity contribution >= 4 is 17.3 Å². The smallest absolute Gasteiger partial charge is 0.332 e. The second-order valence-corrected chi connectivity index (χ2v) is 2.19. The Bertz CT molecular complexity index is 346. The highest BCUT2D eigenvalue weighted by molar-refractivity contribution is 6.29. The standard InChI is InChI=1S/C5H3ClN2O3/c6-5-1-4(9)3(2-7-5)8(10)11/h1-2H,(H,7,9). The van der Waals surface area contributed by atoms with E-state index < -0.39 is 16.0 Å². The third-order valence-electron chi connectivity index (χ3n) is 1.05. The molecule has 11 heavy (non-hydrogen) atoms. The van der Waals surface area contributed by atoms with E-state index in [-0.39, 0.29) is 5.15 Å². The Balaban J connectivity index is 3.32. The van der Waals surface area contributed by atoms with Crippen LogP contribution in [0.4, 0.5) is 5.69 Å². The molecule has 0 saturated heterocycles. The van der Waals surface area contributed by atoms with E-state index in [1.807, 2.05) is 0 Å². The van der Waals surface area contributed by atoms with Gasteiger partial charge in [-0.2, -0.15) is 0 Å². The number of rotatable bonds is 1. The van der Waals surface area contributed by atoms with Crippen molar-refractivity contribution in [2.45, 2.75) is 0 Å². The van der Waals surface area contributed by atoms with E-state index in [4.69, 9.17) is 11.6 Å². The highest BCUT2D eigenvalue weighted by Gasteiger charge is 2.10. The van der Waals surface area contributed by atoms with E-state index >= 15 is 0 Å². The van der Waals surface area contributed by atoms with Gasteiger partial charge in [0.25, 0.3) is 5.43 Å². The number of hydrogen-bond donors (Lipinski definition) is 1. The lowest BCUT2D eigenvalue weighted by atomic mass is 10.4. The summed E-state index contributed by atoms with van der Waals surface area (Å²) in [6, 6.07) is 0.958. The molecule has 1 rings (SSSR count). The molecule has 0 aliphatic rings. The van der Waals surface area contributed by atoms with Gasteiger partial charge in [-0.3, -0.25) is 14.9 Å². The predicted octanol–water partition coefficient (Wildman–Crippen LogP) is 0.936. The molecule has 0 fully saturated rings. The quantitative estimate of drug-likeness (QED) is 0.391. The molecule has 1 heterocycles. The normalized spacial score (nSPS) is 9.55. The number of aromatic nitrogens is 1. The first-order valence-corrected chi connectivity index (χ1v) is 3.01. The Kier molecular flexibility index (Phi) is 1.91. The van der Waals surface area contributed by atoms with E-state index in [2.05, 4.69) is 4.98 Å². The first-order valence-electron chi connectivity index (χ1n) is 2.64. The fourth-order valence-electron chi connectivity index (χ4n) is 0.582. The summed E-state index contributed by atoms with van der Waals surface area (Å²) in [5.41, 5.74) is -1.20. The average Bonchev–Trinajstić information content (AvgIpc) is 1.85. The van der Waals surface area contributed by atoms with Gasteiger partial charge in [0.1, 0.15) is 5.15 Å². The zero-order valence-electron chi connectivity index (χ0n) is 5.20. The van der Waals surface area contributed by atoms with Crippen molar-refractivity contribution in [3.63, 3.8) is 0 Å². The average molecular weight is 175 g/mol. The van der Waals surface area contributed by atoms with Crippen LogP contribution in [0.25, 0.3) is 0 Å². The Hall–Kier alpha value is -1.36. The monoisotopic (exact) mass is 174 g/mol. The lowest BCUT2D eigenvalue weighted by molar-refractivity contribution is -0.386. The van der Waals surface area contributed by atoms with Crippen molar-refractivity contribution in [3.8, 4) is 0 Å². The fraction of sp³-hybridized carbons (Fsp3) is 0. The molecule has 0 unspecified atom stereocenters. The first kappa shape index (κ1) is 7.74. The maximum Gasteiger partial charge on any atom is 0.332 e. The minimum absolute atomic E-state index is 0.0839.